The fourth-order valence-electron chi connectivity index (χ4n) is 2.32. The summed E-state index contributed by atoms with van der Waals surface area (Å²) in [5.74, 6) is 0. The second kappa shape index (κ2) is 5.61. The predicted molar refractivity (Wildman–Crippen MR) is 72.4 cm³/mol. The molecule has 0 bridgehead atoms. The summed E-state index contributed by atoms with van der Waals surface area (Å²) in [6, 6.07) is 5.51. The minimum atomic E-state index is -0.285. The molecule has 17 heavy (non-hydrogen) atoms. The maximum absolute atomic E-state index is 10.0. The average molecular weight is 255 g/mol. The molecule has 0 spiro atoms. The van der Waals surface area contributed by atoms with Crippen LogP contribution in [0.3, 0.4) is 0 Å². The summed E-state index contributed by atoms with van der Waals surface area (Å²) in [6.07, 6.45) is 5.03. The van der Waals surface area contributed by atoms with E-state index in [1.807, 2.05) is 12.1 Å². The summed E-state index contributed by atoms with van der Waals surface area (Å²) in [4.78, 5) is 0. The largest absolute Gasteiger partial charge is 0.397 e. The van der Waals surface area contributed by atoms with Crippen LogP contribution in [0.2, 0.25) is 5.02 Å². The highest BCUT2D eigenvalue weighted by atomic mass is 35.5. The number of hydrogen-bond acceptors (Lipinski definition) is 3. The number of benzene rings is 1. The third kappa shape index (κ3) is 3.27. The highest BCUT2D eigenvalue weighted by Crippen LogP contribution is 2.27. The van der Waals surface area contributed by atoms with Crippen LogP contribution < -0.4 is 11.1 Å². The zero-order chi connectivity index (χ0) is 12.3. The molecule has 94 valence electrons. The average Bonchev–Trinajstić information content (AvgIpc) is 2.48. The molecule has 4 N–H and O–H groups in total. The van der Waals surface area contributed by atoms with Gasteiger partial charge in [0.05, 0.1) is 23.5 Å². The van der Waals surface area contributed by atoms with Gasteiger partial charge in [0, 0.05) is 5.02 Å². The number of nitrogens with two attached hydrogens (primary N) is 1. The van der Waals surface area contributed by atoms with Gasteiger partial charge in [0.15, 0.2) is 0 Å². The summed E-state index contributed by atoms with van der Waals surface area (Å²) >= 11 is 5.86. The lowest BCUT2D eigenvalue weighted by Crippen LogP contribution is -2.32. The van der Waals surface area contributed by atoms with E-state index in [0.29, 0.717) is 10.7 Å². The van der Waals surface area contributed by atoms with E-state index in [4.69, 9.17) is 17.3 Å². The number of anilines is 2. The maximum Gasteiger partial charge on any atom is 0.0741 e. The van der Waals surface area contributed by atoms with Gasteiger partial charge in [-0.05, 0) is 31.0 Å². The number of hydrogen-bond donors (Lipinski definition) is 3. The second-order valence-corrected chi connectivity index (χ2v) is 5.12. The Hall–Kier alpha value is -0.930. The van der Waals surface area contributed by atoms with E-state index in [1.165, 1.54) is 6.42 Å². The van der Waals surface area contributed by atoms with E-state index in [0.717, 1.165) is 31.4 Å². The van der Waals surface area contributed by atoms with E-state index < -0.39 is 0 Å². The van der Waals surface area contributed by atoms with Crippen molar-refractivity contribution in [3.8, 4) is 0 Å². The Balaban J connectivity index is 2.08. The Kier molecular flexibility index (Phi) is 4.13. The maximum atomic E-state index is 10.0. The SMILES string of the molecule is Nc1cc(Cl)ccc1NC1CCCCCC1O. The van der Waals surface area contributed by atoms with Crippen molar-refractivity contribution in [2.75, 3.05) is 11.1 Å². The standard InChI is InChI=1S/C13H19ClN2O/c14-9-6-7-11(10(15)8-9)16-12-4-2-1-3-5-13(12)17/h6-8,12-13,16-17H,1-5,15H2. The van der Waals surface area contributed by atoms with Gasteiger partial charge in [-0.2, -0.15) is 0 Å². The van der Waals surface area contributed by atoms with Crippen LogP contribution in [-0.2, 0) is 0 Å². The van der Waals surface area contributed by atoms with Crippen LogP contribution in [0.4, 0.5) is 11.4 Å². The van der Waals surface area contributed by atoms with Crippen molar-refractivity contribution in [3.63, 3.8) is 0 Å². The van der Waals surface area contributed by atoms with Gasteiger partial charge < -0.3 is 16.2 Å². The summed E-state index contributed by atoms with van der Waals surface area (Å²) in [7, 11) is 0. The molecule has 0 aliphatic heterocycles. The van der Waals surface area contributed by atoms with E-state index in [9.17, 15) is 5.11 Å². The molecule has 2 rings (SSSR count). The van der Waals surface area contributed by atoms with Crippen LogP contribution >= 0.6 is 11.6 Å². The highest BCUT2D eigenvalue weighted by Gasteiger charge is 2.21. The van der Waals surface area contributed by atoms with Gasteiger partial charge in [-0.3, -0.25) is 0 Å². The fourth-order valence-corrected chi connectivity index (χ4v) is 2.50. The van der Waals surface area contributed by atoms with Crippen molar-refractivity contribution < 1.29 is 5.11 Å². The van der Waals surface area contributed by atoms with E-state index >= 15 is 0 Å². The molecule has 1 aliphatic rings. The second-order valence-electron chi connectivity index (χ2n) is 4.69. The van der Waals surface area contributed by atoms with Crippen LogP contribution in [0.25, 0.3) is 0 Å². The van der Waals surface area contributed by atoms with Crippen molar-refractivity contribution in [1.82, 2.24) is 0 Å². The molecule has 0 radical (unpaired) electrons. The van der Waals surface area contributed by atoms with Crippen LogP contribution in [0.5, 0.6) is 0 Å². The van der Waals surface area contributed by atoms with Gasteiger partial charge >= 0.3 is 0 Å². The van der Waals surface area contributed by atoms with Crippen molar-refractivity contribution in [3.05, 3.63) is 23.2 Å². The Labute approximate surface area is 107 Å². The first-order valence-corrected chi connectivity index (χ1v) is 6.54. The lowest BCUT2D eigenvalue weighted by molar-refractivity contribution is 0.144. The molecule has 3 nitrogen and oxygen atoms in total. The number of nitrogens with one attached hydrogen (secondary N) is 1. The first kappa shape index (κ1) is 12.5. The van der Waals surface area contributed by atoms with Gasteiger partial charge in [0.2, 0.25) is 0 Å². The molecule has 4 heteroatoms. The lowest BCUT2D eigenvalue weighted by atomic mass is 10.1. The molecule has 0 amide bonds. The highest BCUT2D eigenvalue weighted by molar-refractivity contribution is 6.31. The third-order valence-corrected chi connectivity index (χ3v) is 3.57. The van der Waals surface area contributed by atoms with E-state index in [-0.39, 0.29) is 12.1 Å². The molecular formula is C13H19ClN2O. The molecule has 2 atom stereocenters. The number of rotatable bonds is 2. The summed E-state index contributed by atoms with van der Waals surface area (Å²) in [6.45, 7) is 0. The minimum Gasteiger partial charge on any atom is -0.397 e. The molecule has 0 saturated heterocycles. The monoisotopic (exact) mass is 254 g/mol. The van der Waals surface area contributed by atoms with Gasteiger partial charge in [0.25, 0.3) is 0 Å². The molecule has 2 unspecified atom stereocenters. The number of aliphatic hydroxyl groups excluding tert-OH is 1. The third-order valence-electron chi connectivity index (χ3n) is 3.33. The van der Waals surface area contributed by atoms with E-state index in [1.54, 1.807) is 6.07 Å². The molecule has 1 aromatic rings. The number of aliphatic hydroxyl groups is 1. The number of nitrogen functional groups attached to an aromatic ring is 1. The summed E-state index contributed by atoms with van der Waals surface area (Å²) in [5.41, 5.74) is 7.39. The van der Waals surface area contributed by atoms with Gasteiger partial charge in [-0.1, -0.05) is 30.9 Å². The quantitative estimate of drug-likeness (QED) is 0.562. The Bertz CT molecular complexity index is 384. The Morgan fingerprint density at radius 2 is 2.00 bits per heavy atom. The molecule has 0 aromatic heterocycles. The van der Waals surface area contributed by atoms with Gasteiger partial charge in [-0.25, -0.2) is 0 Å². The fraction of sp³-hybridized carbons (Fsp3) is 0.538. The number of halogens is 1. The first-order valence-electron chi connectivity index (χ1n) is 6.16. The van der Waals surface area contributed by atoms with Crippen molar-refractivity contribution in [2.24, 2.45) is 0 Å². The Morgan fingerprint density at radius 1 is 1.24 bits per heavy atom. The van der Waals surface area contributed by atoms with Crippen molar-refractivity contribution >= 4 is 23.0 Å². The molecule has 1 saturated carbocycles. The van der Waals surface area contributed by atoms with Gasteiger partial charge in [0.1, 0.15) is 0 Å². The minimum absolute atomic E-state index is 0.0981. The summed E-state index contributed by atoms with van der Waals surface area (Å²) < 4.78 is 0. The zero-order valence-electron chi connectivity index (χ0n) is 9.82. The smallest absolute Gasteiger partial charge is 0.0741 e. The summed E-state index contributed by atoms with van der Waals surface area (Å²) in [5, 5.41) is 14.0. The molecular weight excluding hydrogens is 236 g/mol. The predicted octanol–water partition coefficient (Wildman–Crippen LogP) is 3.03. The molecule has 0 heterocycles. The topological polar surface area (TPSA) is 58.3 Å². The van der Waals surface area contributed by atoms with Crippen molar-refractivity contribution in [1.29, 1.82) is 0 Å². The molecule has 1 aromatic carbocycles. The zero-order valence-corrected chi connectivity index (χ0v) is 10.6. The molecule has 1 fully saturated rings. The molecule has 1 aliphatic carbocycles. The van der Waals surface area contributed by atoms with Gasteiger partial charge in [-0.15, -0.1) is 0 Å². The normalized spacial score (nSPS) is 25.3. The lowest BCUT2D eigenvalue weighted by Gasteiger charge is -2.23. The van der Waals surface area contributed by atoms with Crippen LogP contribution in [-0.4, -0.2) is 17.3 Å². The first-order chi connectivity index (χ1) is 8.16. The van der Waals surface area contributed by atoms with Crippen LogP contribution in [0.15, 0.2) is 18.2 Å². The van der Waals surface area contributed by atoms with Crippen LogP contribution in [0, 0.1) is 0 Å². The van der Waals surface area contributed by atoms with Crippen LogP contribution in [0.1, 0.15) is 32.1 Å². The Morgan fingerprint density at radius 3 is 2.76 bits per heavy atom. The van der Waals surface area contributed by atoms with Crippen molar-refractivity contribution in [2.45, 2.75) is 44.2 Å². The van der Waals surface area contributed by atoms with E-state index in [2.05, 4.69) is 5.32 Å².